The molecule has 0 aromatic heterocycles. The Hall–Kier alpha value is -0.630. The fourth-order valence-electron chi connectivity index (χ4n) is 2.94. The van der Waals surface area contributed by atoms with Crippen LogP contribution in [0.5, 0.6) is 0 Å². The number of para-hydroxylation sites is 1. The number of thiol groups is 1. The molecule has 1 nitrogen and oxygen atoms in total. The van der Waals surface area contributed by atoms with Crippen LogP contribution in [-0.4, -0.2) is 19.3 Å². The van der Waals surface area contributed by atoms with Crippen LogP contribution in [0.3, 0.4) is 0 Å². The molecule has 1 aliphatic carbocycles. The quantitative estimate of drug-likeness (QED) is 0.789. The van der Waals surface area contributed by atoms with E-state index in [0.717, 1.165) is 12.3 Å². The Labute approximate surface area is 111 Å². The summed E-state index contributed by atoms with van der Waals surface area (Å²) < 4.78 is 0. The minimum Gasteiger partial charge on any atom is -0.374 e. The minimum absolute atomic E-state index is 0.436. The number of hydrogen-bond acceptors (Lipinski definition) is 2. The van der Waals surface area contributed by atoms with Crippen LogP contribution in [0.4, 0.5) is 5.69 Å². The van der Waals surface area contributed by atoms with Gasteiger partial charge in [0.15, 0.2) is 0 Å². The highest BCUT2D eigenvalue weighted by Gasteiger charge is 2.31. The summed E-state index contributed by atoms with van der Waals surface area (Å²) in [7, 11) is 2.20. The van der Waals surface area contributed by atoms with Gasteiger partial charge in [-0.1, -0.05) is 37.5 Å². The fourth-order valence-corrected chi connectivity index (χ4v) is 3.36. The average Bonchev–Trinajstić information content (AvgIpc) is 2.41. The summed E-state index contributed by atoms with van der Waals surface area (Å²) in [4.78, 5) is 2.39. The van der Waals surface area contributed by atoms with Gasteiger partial charge in [0.25, 0.3) is 0 Å². The topological polar surface area (TPSA) is 3.24 Å². The largest absolute Gasteiger partial charge is 0.374 e. The van der Waals surface area contributed by atoms with Crippen LogP contribution in [-0.2, 0) is 0 Å². The molecule has 0 saturated heterocycles. The number of hydrogen-bond donors (Lipinski definition) is 1. The second kappa shape index (κ2) is 5.81. The number of benzene rings is 1. The van der Waals surface area contributed by atoms with E-state index >= 15 is 0 Å². The van der Waals surface area contributed by atoms with Gasteiger partial charge in [0.1, 0.15) is 0 Å². The minimum atomic E-state index is 0.436. The summed E-state index contributed by atoms with van der Waals surface area (Å²) in [5.74, 6) is 1.02. The zero-order valence-corrected chi connectivity index (χ0v) is 11.6. The molecule has 0 spiro atoms. The van der Waals surface area contributed by atoms with Crippen molar-refractivity contribution in [3.8, 4) is 0 Å². The van der Waals surface area contributed by atoms with E-state index in [4.69, 9.17) is 0 Å². The predicted octanol–water partition coefficient (Wildman–Crippen LogP) is 4.00. The van der Waals surface area contributed by atoms with Gasteiger partial charge in [0.05, 0.1) is 0 Å². The van der Waals surface area contributed by atoms with E-state index in [9.17, 15) is 0 Å². The van der Waals surface area contributed by atoms with Crippen LogP contribution in [0.1, 0.15) is 32.1 Å². The SMILES string of the molecule is CN(CC1(CS)CCCCC1)c1ccccc1. The third-order valence-corrected chi connectivity index (χ3v) is 4.69. The average molecular weight is 249 g/mol. The highest BCUT2D eigenvalue weighted by molar-refractivity contribution is 7.80. The van der Waals surface area contributed by atoms with Gasteiger partial charge in [0, 0.05) is 19.3 Å². The molecule has 0 radical (unpaired) electrons. The molecule has 2 rings (SSSR count). The molecule has 1 fully saturated rings. The Bertz CT molecular complexity index is 330. The molecule has 0 aliphatic heterocycles. The summed E-state index contributed by atoms with van der Waals surface area (Å²) in [6.07, 6.45) is 6.85. The summed E-state index contributed by atoms with van der Waals surface area (Å²) >= 11 is 4.61. The summed E-state index contributed by atoms with van der Waals surface area (Å²) in [5.41, 5.74) is 1.76. The Morgan fingerprint density at radius 3 is 2.35 bits per heavy atom. The van der Waals surface area contributed by atoms with Crippen molar-refractivity contribution in [3.05, 3.63) is 30.3 Å². The molecule has 1 saturated carbocycles. The lowest BCUT2D eigenvalue weighted by Crippen LogP contribution is -2.38. The van der Waals surface area contributed by atoms with Gasteiger partial charge in [-0.3, -0.25) is 0 Å². The van der Waals surface area contributed by atoms with Crippen molar-refractivity contribution in [2.75, 3.05) is 24.2 Å². The second-order valence-corrected chi connectivity index (χ2v) is 5.73. The van der Waals surface area contributed by atoms with Crippen LogP contribution >= 0.6 is 12.6 Å². The van der Waals surface area contributed by atoms with Crippen molar-refractivity contribution in [1.82, 2.24) is 0 Å². The molecule has 1 aromatic carbocycles. The lowest BCUT2D eigenvalue weighted by molar-refractivity contribution is 0.230. The van der Waals surface area contributed by atoms with Crippen molar-refractivity contribution in [3.63, 3.8) is 0 Å². The number of rotatable bonds is 4. The molecule has 0 atom stereocenters. The molecule has 0 amide bonds. The molecule has 0 N–H and O–H groups in total. The van der Waals surface area contributed by atoms with Crippen LogP contribution in [0.25, 0.3) is 0 Å². The third-order valence-electron chi connectivity index (χ3n) is 4.02. The maximum Gasteiger partial charge on any atom is 0.0363 e. The third kappa shape index (κ3) is 3.19. The number of nitrogens with zero attached hydrogens (tertiary/aromatic N) is 1. The zero-order valence-electron chi connectivity index (χ0n) is 10.7. The number of anilines is 1. The van der Waals surface area contributed by atoms with Gasteiger partial charge in [-0.05, 0) is 36.1 Å². The maximum atomic E-state index is 4.61. The van der Waals surface area contributed by atoms with Crippen LogP contribution in [0, 0.1) is 5.41 Å². The molecule has 0 unspecified atom stereocenters. The standard InChI is InChI=1S/C15H23NS/c1-16(14-8-4-2-5-9-14)12-15(13-17)10-6-3-7-11-15/h2,4-5,8-9,17H,3,6-7,10-13H2,1H3. The Morgan fingerprint density at radius 2 is 1.76 bits per heavy atom. The first-order valence-corrected chi connectivity index (χ1v) is 7.26. The van der Waals surface area contributed by atoms with Gasteiger partial charge < -0.3 is 4.90 Å². The first-order chi connectivity index (χ1) is 8.26. The van der Waals surface area contributed by atoms with Gasteiger partial charge in [-0.2, -0.15) is 12.6 Å². The van der Waals surface area contributed by atoms with Crippen molar-refractivity contribution >= 4 is 18.3 Å². The van der Waals surface area contributed by atoms with Crippen molar-refractivity contribution in [2.45, 2.75) is 32.1 Å². The van der Waals surface area contributed by atoms with Crippen molar-refractivity contribution < 1.29 is 0 Å². The Morgan fingerprint density at radius 1 is 1.12 bits per heavy atom. The molecule has 1 aromatic rings. The van der Waals surface area contributed by atoms with Gasteiger partial charge in [0.2, 0.25) is 0 Å². The van der Waals surface area contributed by atoms with E-state index in [1.807, 2.05) is 0 Å². The maximum absolute atomic E-state index is 4.61. The molecule has 0 heterocycles. The lowest BCUT2D eigenvalue weighted by atomic mass is 9.75. The molecule has 1 aliphatic rings. The van der Waals surface area contributed by atoms with E-state index < -0.39 is 0 Å². The summed E-state index contributed by atoms with van der Waals surface area (Å²) in [5, 5.41) is 0. The lowest BCUT2D eigenvalue weighted by Gasteiger charge is -2.39. The van der Waals surface area contributed by atoms with Crippen molar-refractivity contribution in [2.24, 2.45) is 5.41 Å². The molecule has 94 valence electrons. The normalized spacial score (nSPS) is 18.9. The zero-order chi connectivity index (χ0) is 12.1. The second-order valence-electron chi connectivity index (χ2n) is 5.41. The Kier molecular flexibility index (Phi) is 4.38. The summed E-state index contributed by atoms with van der Waals surface area (Å²) in [6, 6.07) is 10.7. The highest BCUT2D eigenvalue weighted by atomic mass is 32.1. The van der Waals surface area contributed by atoms with E-state index in [0.29, 0.717) is 5.41 Å². The smallest absolute Gasteiger partial charge is 0.0363 e. The molecular weight excluding hydrogens is 226 g/mol. The Balaban J connectivity index is 2.03. The van der Waals surface area contributed by atoms with Gasteiger partial charge in [-0.15, -0.1) is 0 Å². The first-order valence-electron chi connectivity index (χ1n) is 6.63. The highest BCUT2D eigenvalue weighted by Crippen LogP contribution is 2.38. The monoisotopic (exact) mass is 249 g/mol. The fraction of sp³-hybridized carbons (Fsp3) is 0.600. The van der Waals surface area contributed by atoms with Gasteiger partial charge >= 0.3 is 0 Å². The predicted molar refractivity (Wildman–Crippen MR) is 79.1 cm³/mol. The van der Waals surface area contributed by atoms with Crippen LogP contribution < -0.4 is 4.90 Å². The van der Waals surface area contributed by atoms with Crippen LogP contribution in [0.15, 0.2) is 30.3 Å². The molecule has 0 bridgehead atoms. The van der Waals surface area contributed by atoms with E-state index in [2.05, 4.69) is 54.9 Å². The van der Waals surface area contributed by atoms with E-state index in [1.54, 1.807) is 0 Å². The van der Waals surface area contributed by atoms with E-state index in [1.165, 1.54) is 37.8 Å². The molecule has 2 heteroatoms. The molecule has 17 heavy (non-hydrogen) atoms. The first kappa shape index (κ1) is 12.8. The van der Waals surface area contributed by atoms with Crippen molar-refractivity contribution in [1.29, 1.82) is 0 Å². The summed E-state index contributed by atoms with van der Waals surface area (Å²) in [6.45, 7) is 1.14. The van der Waals surface area contributed by atoms with E-state index in [-0.39, 0.29) is 0 Å². The van der Waals surface area contributed by atoms with Gasteiger partial charge in [-0.25, -0.2) is 0 Å². The molecular formula is C15H23NS. The van der Waals surface area contributed by atoms with Crippen LogP contribution in [0.2, 0.25) is 0 Å².